The molecule has 3 aromatic carbocycles. The predicted octanol–water partition coefficient (Wildman–Crippen LogP) is 6.83. The van der Waals surface area contributed by atoms with E-state index < -0.39 is 4.96 Å². The Morgan fingerprint density at radius 1 is 0.821 bits per heavy atom. The van der Waals surface area contributed by atoms with Gasteiger partial charge >= 0.3 is 0 Å². The van der Waals surface area contributed by atoms with Crippen LogP contribution in [-0.4, -0.2) is 56.5 Å². The molecule has 0 spiro atoms. The molecule has 39 heavy (non-hydrogen) atoms. The quantitative estimate of drug-likeness (QED) is 0.120. The summed E-state index contributed by atoms with van der Waals surface area (Å²) >= 11 is 12.4. The van der Waals surface area contributed by atoms with E-state index in [0.717, 1.165) is 42.2 Å². The molecule has 0 bridgehead atoms. The number of piperidine rings is 1. The summed E-state index contributed by atoms with van der Waals surface area (Å²) in [6.07, 6.45) is 1.64. The van der Waals surface area contributed by atoms with Crippen molar-refractivity contribution in [3.8, 4) is 17.2 Å². The zero-order valence-corrected chi connectivity index (χ0v) is 24.1. The lowest BCUT2D eigenvalue weighted by Gasteiger charge is -2.39. The van der Waals surface area contributed by atoms with Gasteiger partial charge in [0.15, 0.2) is 4.96 Å². The summed E-state index contributed by atoms with van der Waals surface area (Å²) in [7, 11) is 3.28. The van der Waals surface area contributed by atoms with Crippen LogP contribution in [-0.2, 0) is 22.7 Å². The molecule has 1 heterocycles. The zero-order chi connectivity index (χ0) is 27.5. The zero-order valence-electron chi connectivity index (χ0n) is 22.6. The van der Waals surface area contributed by atoms with E-state index >= 15 is 0 Å². The van der Waals surface area contributed by atoms with Crippen molar-refractivity contribution in [2.24, 2.45) is 0 Å². The van der Waals surface area contributed by atoms with E-state index in [0.29, 0.717) is 33.0 Å². The first-order chi connectivity index (χ1) is 19.1. The second kappa shape index (κ2) is 15.3. The van der Waals surface area contributed by atoms with Crippen LogP contribution in [0.4, 0.5) is 0 Å². The first-order valence-corrected chi connectivity index (χ1v) is 14.1. The predicted molar refractivity (Wildman–Crippen MR) is 155 cm³/mol. The van der Waals surface area contributed by atoms with Crippen molar-refractivity contribution in [2.75, 3.05) is 40.5 Å². The van der Waals surface area contributed by atoms with Crippen LogP contribution in [0.2, 0.25) is 0 Å². The molecule has 0 aromatic heterocycles. The van der Waals surface area contributed by atoms with Crippen LogP contribution in [0.15, 0.2) is 72.8 Å². The molecular weight excluding hydrogens is 537 g/mol. The Balaban J connectivity index is 1.31. The highest BCUT2D eigenvalue weighted by Gasteiger charge is 2.33. The van der Waals surface area contributed by atoms with E-state index in [1.165, 1.54) is 11.1 Å². The molecule has 0 aliphatic carbocycles. The maximum absolute atomic E-state index is 6.46. The summed E-state index contributed by atoms with van der Waals surface area (Å²) in [5, 5.41) is 0. The van der Waals surface area contributed by atoms with Crippen molar-refractivity contribution in [1.29, 1.82) is 0 Å². The second-order valence-electron chi connectivity index (χ2n) is 9.55. The van der Waals surface area contributed by atoms with Crippen molar-refractivity contribution < 1.29 is 23.7 Å². The molecule has 1 fully saturated rings. The van der Waals surface area contributed by atoms with Crippen LogP contribution in [0.5, 0.6) is 17.2 Å². The number of likely N-dealkylation sites (tertiary alicyclic amines) is 1. The lowest BCUT2D eigenvalue weighted by atomic mass is 9.87. The topological polar surface area (TPSA) is 49.4 Å². The Morgan fingerprint density at radius 3 is 2.21 bits per heavy atom. The molecule has 0 amide bonds. The highest BCUT2D eigenvalue weighted by Crippen LogP contribution is 2.34. The minimum absolute atomic E-state index is 0.0792. The lowest BCUT2D eigenvalue weighted by Crippen LogP contribution is -2.45. The van der Waals surface area contributed by atoms with E-state index in [4.69, 9.17) is 46.9 Å². The molecule has 1 aliphatic heterocycles. The maximum Gasteiger partial charge on any atom is 0.160 e. The van der Waals surface area contributed by atoms with Gasteiger partial charge in [0.05, 0.1) is 46.8 Å². The summed E-state index contributed by atoms with van der Waals surface area (Å²) in [4.78, 5) is 1.47. The molecule has 1 saturated heterocycles. The Morgan fingerprint density at radius 2 is 1.54 bits per heavy atom. The van der Waals surface area contributed by atoms with Gasteiger partial charge in [0.1, 0.15) is 17.2 Å². The third kappa shape index (κ3) is 9.02. The monoisotopic (exact) mass is 573 g/mol. The average molecular weight is 575 g/mol. The van der Waals surface area contributed by atoms with E-state index in [1.807, 2.05) is 53.4 Å². The Kier molecular flexibility index (Phi) is 11.6. The van der Waals surface area contributed by atoms with Crippen LogP contribution in [0, 0.1) is 0 Å². The third-order valence-electron chi connectivity index (χ3n) is 6.86. The van der Waals surface area contributed by atoms with Crippen LogP contribution < -0.4 is 14.2 Å². The molecule has 0 radical (unpaired) electrons. The number of methoxy groups -OCH3 is 2. The normalized spacial score (nSPS) is 17.8. The molecular formula is C31H37Cl2NO5. The van der Waals surface area contributed by atoms with E-state index in [2.05, 4.69) is 24.3 Å². The molecule has 0 N–H and O–H groups in total. The summed E-state index contributed by atoms with van der Waals surface area (Å²) in [5.41, 5.74) is 3.37. The number of hydrogen-bond donors (Lipinski definition) is 0. The summed E-state index contributed by atoms with van der Waals surface area (Å²) < 4.78 is 29.0. The largest absolute Gasteiger partial charge is 0.497 e. The van der Waals surface area contributed by atoms with E-state index in [9.17, 15) is 0 Å². The highest BCUT2D eigenvalue weighted by molar-refractivity contribution is 6.43. The number of nitrogens with zero attached hydrogens (tertiary/aromatic N) is 1. The van der Waals surface area contributed by atoms with Gasteiger partial charge in [-0.1, -0.05) is 65.7 Å². The molecule has 6 nitrogen and oxygen atoms in total. The lowest BCUT2D eigenvalue weighted by molar-refractivity contribution is -0.0227. The standard InChI is InChI=1S/C31H37Cl2NO5/c1-35-27-17-24(18-28(19-27)36-2)22-39-30-20-34(31(32)33)14-13-29(30)25-9-11-26(12-10-25)38-16-6-15-37-21-23-7-4-3-5-8-23/h3-5,7-12,17-19,29-31H,6,13-16,20-22H2,1-2H3. The number of benzene rings is 3. The summed E-state index contributed by atoms with van der Waals surface area (Å²) in [5.74, 6) is 2.52. The number of rotatable bonds is 14. The maximum atomic E-state index is 6.46. The smallest absolute Gasteiger partial charge is 0.160 e. The molecule has 1 aliphatic rings. The fourth-order valence-electron chi connectivity index (χ4n) is 4.75. The summed E-state index contributed by atoms with van der Waals surface area (Å²) in [6, 6.07) is 24.3. The first kappa shape index (κ1) is 29.5. The highest BCUT2D eigenvalue weighted by atomic mass is 35.5. The van der Waals surface area contributed by atoms with Crippen LogP contribution >= 0.6 is 23.2 Å². The minimum atomic E-state index is -0.568. The van der Waals surface area contributed by atoms with Gasteiger partial charge < -0.3 is 23.7 Å². The van der Waals surface area contributed by atoms with Gasteiger partial charge in [-0.2, -0.15) is 0 Å². The molecule has 4 rings (SSSR count). The Labute approximate surface area is 241 Å². The molecule has 8 heteroatoms. The molecule has 210 valence electrons. The summed E-state index contributed by atoms with van der Waals surface area (Å²) in [6.45, 7) is 3.75. The Hall–Kier alpha value is -2.48. The van der Waals surface area contributed by atoms with Crippen LogP contribution in [0.25, 0.3) is 0 Å². The fraction of sp³-hybridized carbons (Fsp3) is 0.419. The first-order valence-electron chi connectivity index (χ1n) is 13.3. The van der Waals surface area contributed by atoms with E-state index in [-0.39, 0.29) is 12.0 Å². The van der Waals surface area contributed by atoms with Gasteiger partial charge in [-0.15, -0.1) is 0 Å². The molecule has 2 unspecified atom stereocenters. The number of ether oxygens (including phenoxy) is 5. The van der Waals surface area contributed by atoms with Gasteiger partial charge in [-0.3, -0.25) is 4.90 Å². The molecule has 2 atom stereocenters. The molecule has 0 saturated carbocycles. The van der Waals surface area contributed by atoms with E-state index in [1.54, 1.807) is 14.2 Å². The van der Waals surface area contributed by atoms with Crippen molar-refractivity contribution in [3.63, 3.8) is 0 Å². The van der Waals surface area contributed by atoms with Gasteiger partial charge in [0, 0.05) is 31.5 Å². The second-order valence-corrected chi connectivity index (χ2v) is 10.6. The Bertz CT molecular complexity index is 1110. The molecule has 3 aromatic rings. The van der Waals surface area contributed by atoms with Crippen molar-refractivity contribution in [3.05, 3.63) is 89.5 Å². The third-order valence-corrected chi connectivity index (χ3v) is 7.42. The van der Waals surface area contributed by atoms with Crippen molar-refractivity contribution in [1.82, 2.24) is 4.90 Å². The fourth-order valence-corrected chi connectivity index (χ4v) is 5.10. The SMILES string of the molecule is COc1cc(COC2CN(C(Cl)Cl)CCC2c2ccc(OCCCOCc3ccccc3)cc2)cc(OC)c1. The average Bonchev–Trinajstić information content (AvgIpc) is 2.98. The minimum Gasteiger partial charge on any atom is -0.497 e. The van der Waals surface area contributed by atoms with Gasteiger partial charge in [0.2, 0.25) is 0 Å². The van der Waals surface area contributed by atoms with Crippen LogP contribution in [0.3, 0.4) is 0 Å². The number of alkyl halides is 2. The van der Waals surface area contributed by atoms with Gasteiger partial charge in [-0.05, 0) is 47.4 Å². The van der Waals surface area contributed by atoms with Crippen molar-refractivity contribution in [2.45, 2.75) is 43.0 Å². The number of hydrogen-bond acceptors (Lipinski definition) is 6. The van der Waals surface area contributed by atoms with Crippen LogP contribution in [0.1, 0.15) is 35.4 Å². The van der Waals surface area contributed by atoms with Gasteiger partial charge in [-0.25, -0.2) is 0 Å². The number of halogens is 2. The van der Waals surface area contributed by atoms with Gasteiger partial charge in [0.25, 0.3) is 0 Å². The van der Waals surface area contributed by atoms with Crippen molar-refractivity contribution >= 4 is 23.2 Å².